The Hall–Kier alpha value is -2.08. The van der Waals surface area contributed by atoms with Gasteiger partial charge < -0.3 is 39.4 Å². The highest BCUT2D eigenvalue weighted by Crippen LogP contribution is 2.23. The van der Waals surface area contributed by atoms with Gasteiger partial charge in [-0.25, -0.2) is 0 Å². The zero-order chi connectivity index (χ0) is 43.0. The van der Waals surface area contributed by atoms with Crippen LogP contribution in [0.1, 0.15) is 206 Å². The predicted molar refractivity (Wildman–Crippen MR) is 238 cm³/mol. The maximum Gasteiger partial charge on any atom is 0.306 e. The van der Waals surface area contributed by atoms with Gasteiger partial charge in [0.1, 0.15) is 31.0 Å². The number of unbranched alkanes of at least 4 members (excludes halogenated alkanes) is 23. The van der Waals surface area contributed by atoms with Gasteiger partial charge in [-0.1, -0.05) is 172 Å². The number of allylic oxidation sites excluding steroid dienone is 6. The first-order valence-electron chi connectivity index (χ1n) is 24.1. The van der Waals surface area contributed by atoms with Gasteiger partial charge in [0, 0.05) is 12.8 Å². The molecule has 1 saturated heterocycles. The molecule has 0 aromatic carbocycles. The monoisotopic (exact) mass is 837 g/mol. The molecule has 1 aliphatic heterocycles. The Kier molecular flexibility index (Phi) is 37.3. The van der Waals surface area contributed by atoms with Gasteiger partial charge in [0.15, 0.2) is 12.4 Å². The van der Waals surface area contributed by atoms with E-state index in [2.05, 4.69) is 44.2 Å². The molecule has 0 spiro atoms. The fraction of sp³-hybridized carbons (Fsp3) is 0.837. The number of ether oxygens (including phenoxy) is 4. The van der Waals surface area contributed by atoms with Crippen molar-refractivity contribution in [2.45, 2.75) is 243 Å². The molecule has 10 heteroatoms. The second kappa shape index (κ2) is 40.0. The van der Waals surface area contributed by atoms with Crippen LogP contribution in [0.25, 0.3) is 0 Å². The minimum absolute atomic E-state index is 0.192. The second-order valence-corrected chi connectivity index (χ2v) is 16.6. The molecule has 4 N–H and O–H groups in total. The Morgan fingerprint density at radius 2 is 0.983 bits per heavy atom. The lowest BCUT2D eigenvalue weighted by atomic mass is 9.99. The van der Waals surface area contributed by atoms with E-state index in [9.17, 15) is 30.0 Å². The van der Waals surface area contributed by atoms with Gasteiger partial charge in [-0.3, -0.25) is 9.59 Å². The van der Waals surface area contributed by atoms with Crippen molar-refractivity contribution in [3.63, 3.8) is 0 Å². The first-order valence-corrected chi connectivity index (χ1v) is 24.1. The Morgan fingerprint density at radius 3 is 1.53 bits per heavy atom. The molecule has 6 atom stereocenters. The normalized spacial score (nSPS) is 20.3. The SMILES string of the molecule is CCCCC/C=C/C/C=C/CCCCCCCCCCCC(=O)O[C@H](COC(=O)CC/C=C/CCCCCCCCCCCCC)CO[C@@H]1O[C@H](CO)[C@H](O)C(O)C1O. The molecule has 2 unspecified atom stereocenters. The lowest BCUT2D eigenvalue weighted by Gasteiger charge is -2.39. The molecule has 0 bridgehead atoms. The molecule has 0 saturated carbocycles. The summed E-state index contributed by atoms with van der Waals surface area (Å²) in [6, 6.07) is 0. The minimum atomic E-state index is -1.60. The fourth-order valence-corrected chi connectivity index (χ4v) is 7.18. The van der Waals surface area contributed by atoms with Crippen molar-refractivity contribution in [3.8, 4) is 0 Å². The van der Waals surface area contributed by atoms with E-state index in [0.717, 1.165) is 44.9 Å². The quantitative estimate of drug-likeness (QED) is 0.0267. The number of hydrogen-bond acceptors (Lipinski definition) is 10. The average molecular weight is 837 g/mol. The van der Waals surface area contributed by atoms with Crippen LogP contribution in [0.4, 0.5) is 0 Å². The molecular weight excluding hydrogens is 749 g/mol. The molecule has 1 heterocycles. The molecule has 59 heavy (non-hydrogen) atoms. The number of carbonyl (C=O) groups excluding carboxylic acids is 2. The van der Waals surface area contributed by atoms with Crippen LogP contribution >= 0.6 is 0 Å². The van der Waals surface area contributed by atoms with Crippen LogP contribution in [0.2, 0.25) is 0 Å². The van der Waals surface area contributed by atoms with Gasteiger partial charge in [-0.05, 0) is 57.8 Å². The molecule has 10 nitrogen and oxygen atoms in total. The molecule has 0 aliphatic carbocycles. The Morgan fingerprint density at radius 1 is 0.525 bits per heavy atom. The van der Waals surface area contributed by atoms with E-state index in [1.807, 2.05) is 6.08 Å². The van der Waals surface area contributed by atoms with Crippen molar-refractivity contribution in [1.29, 1.82) is 0 Å². The van der Waals surface area contributed by atoms with Gasteiger partial charge in [0.2, 0.25) is 0 Å². The highest BCUT2D eigenvalue weighted by Gasteiger charge is 2.44. The van der Waals surface area contributed by atoms with Crippen LogP contribution in [-0.2, 0) is 28.5 Å². The predicted octanol–water partition coefficient (Wildman–Crippen LogP) is 10.7. The van der Waals surface area contributed by atoms with E-state index in [4.69, 9.17) is 18.9 Å². The maximum absolute atomic E-state index is 12.8. The summed E-state index contributed by atoms with van der Waals surface area (Å²) in [6.07, 6.45) is 38.7. The smallest absolute Gasteiger partial charge is 0.306 e. The molecule has 0 radical (unpaired) electrons. The van der Waals surface area contributed by atoms with E-state index in [0.29, 0.717) is 12.8 Å². The number of rotatable bonds is 40. The standard InChI is InChI=1S/C49H88O10/c1-3-5-7-9-11-13-15-17-19-20-21-22-24-26-28-30-32-34-36-38-45(52)58-42(41-57-49-48(55)47(54)46(53)43(39-50)59-49)40-56-44(51)37-35-33-31-29-27-25-23-18-16-14-12-10-8-6-4-2/h11,13,17,19,31,33,42-43,46-50,53-55H,3-10,12,14-16,18,20-30,32,34-41H2,1-2H3/b13-11+,19-17+,33-31+/t42-,43-,46+,47?,48?,49-/m1/s1. The Balaban J connectivity index is 2.31. The summed E-state index contributed by atoms with van der Waals surface area (Å²) >= 11 is 0. The molecule has 0 aromatic rings. The zero-order valence-electron chi connectivity index (χ0n) is 37.5. The van der Waals surface area contributed by atoms with Crippen molar-refractivity contribution >= 4 is 11.9 Å². The van der Waals surface area contributed by atoms with E-state index < -0.39 is 55.4 Å². The third kappa shape index (κ3) is 31.4. The molecular formula is C49H88O10. The van der Waals surface area contributed by atoms with Crippen molar-refractivity contribution in [2.75, 3.05) is 19.8 Å². The van der Waals surface area contributed by atoms with Crippen LogP contribution in [0.5, 0.6) is 0 Å². The topological polar surface area (TPSA) is 152 Å². The number of hydrogen-bond donors (Lipinski definition) is 4. The second-order valence-electron chi connectivity index (χ2n) is 16.6. The van der Waals surface area contributed by atoms with Crippen LogP contribution in [-0.4, -0.2) is 89.0 Å². The van der Waals surface area contributed by atoms with Crippen LogP contribution < -0.4 is 0 Å². The summed E-state index contributed by atoms with van der Waals surface area (Å²) in [5.74, 6) is -0.864. The Labute approximate surface area is 359 Å². The number of esters is 2. The highest BCUT2D eigenvalue weighted by molar-refractivity contribution is 5.70. The molecule has 1 rings (SSSR count). The third-order valence-electron chi connectivity index (χ3n) is 11.0. The Bertz CT molecular complexity index is 1060. The van der Waals surface area contributed by atoms with E-state index in [1.54, 1.807) is 0 Å². The molecule has 1 fully saturated rings. The highest BCUT2D eigenvalue weighted by atomic mass is 16.7. The van der Waals surface area contributed by atoms with Gasteiger partial charge in [-0.2, -0.15) is 0 Å². The van der Waals surface area contributed by atoms with Crippen LogP contribution in [0.15, 0.2) is 36.5 Å². The summed E-state index contributed by atoms with van der Waals surface area (Å²) in [4.78, 5) is 25.3. The lowest BCUT2D eigenvalue weighted by Crippen LogP contribution is -2.59. The van der Waals surface area contributed by atoms with Gasteiger partial charge >= 0.3 is 11.9 Å². The number of aliphatic hydroxyl groups is 4. The fourth-order valence-electron chi connectivity index (χ4n) is 7.18. The largest absolute Gasteiger partial charge is 0.462 e. The van der Waals surface area contributed by atoms with E-state index >= 15 is 0 Å². The van der Waals surface area contributed by atoms with Gasteiger partial charge in [-0.15, -0.1) is 0 Å². The maximum atomic E-state index is 12.8. The summed E-state index contributed by atoms with van der Waals surface area (Å²) in [6.45, 7) is 3.37. The average Bonchev–Trinajstić information content (AvgIpc) is 3.23. The number of carbonyl (C=O) groups is 2. The lowest BCUT2D eigenvalue weighted by molar-refractivity contribution is -0.305. The molecule has 1 aliphatic rings. The van der Waals surface area contributed by atoms with Crippen molar-refractivity contribution in [3.05, 3.63) is 36.5 Å². The molecule has 0 aromatic heterocycles. The first kappa shape index (κ1) is 54.9. The molecule has 344 valence electrons. The summed E-state index contributed by atoms with van der Waals surface area (Å²) in [5, 5.41) is 40.1. The van der Waals surface area contributed by atoms with Crippen LogP contribution in [0.3, 0.4) is 0 Å². The zero-order valence-corrected chi connectivity index (χ0v) is 37.5. The molecule has 0 amide bonds. The summed E-state index contributed by atoms with van der Waals surface area (Å²) in [5.41, 5.74) is 0. The summed E-state index contributed by atoms with van der Waals surface area (Å²) in [7, 11) is 0. The third-order valence-corrected chi connectivity index (χ3v) is 11.0. The minimum Gasteiger partial charge on any atom is -0.462 e. The van der Waals surface area contributed by atoms with E-state index in [1.165, 1.54) is 122 Å². The number of aliphatic hydroxyl groups excluding tert-OH is 4. The van der Waals surface area contributed by atoms with Crippen LogP contribution in [0, 0.1) is 0 Å². The first-order chi connectivity index (χ1) is 28.8. The van der Waals surface area contributed by atoms with Crippen molar-refractivity contribution < 1.29 is 49.0 Å². The van der Waals surface area contributed by atoms with Gasteiger partial charge in [0.25, 0.3) is 0 Å². The summed E-state index contributed by atoms with van der Waals surface area (Å²) < 4.78 is 22.1. The van der Waals surface area contributed by atoms with Gasteiger partial charge in [0.05, 0.1) is 13.2 Å². The van der Waals surface area contributed by atoms with Crippen molar-refractivity contribution in [1.82, 2.24) is 0 Å². The van der Waals surface area contributed by atoms with Crippen molar-refractivity contribution in [2.24, 2.45) is 0 Å². The van der Waals surface area contributed by atoms with E-state index in [-0.39, 0.29) is 26.1 Å².